The van der Waals surface area contributed by atoms with Crippen molar-refractivity contribution in [1.82, 2.24) is 0 Å². The molecule has 0 saturated carbocycles. The van der Waals surface area contributed by atoms with Gasteiger partial charge in [-0.3, -0.25) is 0 Å². The summed E-state index contributed by atoms with van der Waals surface area (Å²) in [6, 6.07) is 12.5. The van der Waals surface area contributed by atoms with Crippen molar-refractivity contribution in [3.63, 3.8) is 0 Å². The van der Waals surface area contributed by atoms with Gasteiger partial charge in [-0.05, 0) is 36.8 Å². The highest BCUT2D eigenvalue weighted by atomic mass is 32.1. The van der Waals surface area contributed by atoms with Crippen LogP contribution in [-0.2, 0) is 6.54 Å². The van der Waals surface area contributed by atoms with Crippen molar-refractivity contribution in [2.45, 2.75) is 13.5 Å². The number of hydrogen-bond acceptors (Lipinski definition) is 2. The molecule has 0 aliphatic rings. The maximum Gasteiger partial charge on any atom is 0.123 e. The van der Waals surface area contributed by atoms with Crippen LogP contribution in [0.3, 0.4) is 0 Å². The van der Waals surface area contributed by atoms with Crippen molar-refractivity contribution in [2.24, 2.45) is 5.73 Å². The van der Waals surface area contributed by atoms with E-state index in [0.717, 1.165) is 22.4 Å². The molecule has 2 nitrogen and oxygen atoms in total. The third-order valence-corrected chi connectivity index (χ3v) is 3.38. The van der Waals surface area contributed by atoms with E-state index in [1.165, 1.54) is 12.1 Å². The molecule has 0 amide bonds. The van der Waals surface area contributed by atoms with Crippen molar-refractivity contribution in [1.29, 1.82) is 0 Å². The number of nitrogens with zero attached hydrogens (tertiary/aromatic N) is 1. The van der Waals surface area contributed by atoms with Gasteiger partial charge in [0.05, 0.1) is 0 Å². The Hall–Kier alpha value is -1.94. The van der Waals surface area contributed by atoms with Crippen molar-refractivity contribution in [2.75, 3.05) is 11.9 Å². The van der Waals surface area contributed by atoms with Crippen LogP contribution in [0, 0.1) is 12.7 Å². The number of hydrogen-bond donors (Lipinski definition) is 1. The molecule has 2 aromatic carbocycles. The minimum absolute atomic E-state index is 0.226. The Balaban J connectivity index is 2.27. The molecule has 2 N–H and O–H groups in total. The molecule has 0 aliphatic heterocycles. The molecule has 0 aliphatic carbocycles. The molecule has 0 fully saturated rings. The molecule has 2 rings (SSSR count). The van der Waals surface area contributed by atoms with E-state index < -0.39 is 0 Å². The summed E-state index contributed by atoms with van der Waals surface area (Å²) in [5.41, 5.74) is 9.78. The lowest BCUT2D eigenvalue weighted by Crippen LogP contribution is -2.21. The van der Waals surface area contributed by atoms with Crippen LogP contribution >= 0.6 is 12.2 Å². The van der Waals surface area contributed by atoms with E-state index in [2.05, 4.69) is 4.90 Å². The lowest BCUT2D eigenvalue weighted by Gasteiger charge is -2.22. The predicted octanol–water partition coefficient (Wildman–Crippen LogP) is 3.40. The summed E-state index contributed by atoms with van der Waals surface area (Å²) >= 11 is 5.11. The highest BCUT2D eigenvalue weighted by Crippen LogP contribution is 2.22. The van der Waals surface area contributed by atoms with Crippen molar-refractivity contribution in [3.8, 4) is 0 Å². The van der Waals surface area contributed by atoms with E-state index in [-0.39, 0.29) is 5.82 Å². The molecule has 0 aromatic heterocycles. The zero-order valence-electron chi connectivity index (χ0n) is 11.6. The summed E-state index contributed by atoms with van der Waals surface area (Å²) in [5.74, 6) is -0.226. The maximum atomic E-state index is 12.9. The van der Waals surface area contributed by atoms with E-state index in [9.17, 15) is 4.39 Å². The summed E-state index contributed by atoms with van der Waals surface area (Å²) in [7, 11) is 1.97. The number of aryl methyl sites for hydroxylation is 1. The zero-order valence-corrected chi connectivity index (χ0v) is 12.4. The van der Waals surface area contributed by atoms with E-state index in [4.69, 9.17) is 18.0 Å². The lowest BCUT2D eigenvalue weighted by molar-refractivity contribution is 0.627. The standard InChI is InChI=1S/C16H17FN2S/c1-11-3-8-15(14(9-11)16(18)20)19(2)10-12-4-6-13(17)7-5-12/h3-9H,10H2,1-2H3,(H2,18,20). The minimum atomic E-state index is -0.226. The molecule has 4 heteroatoms. The third-order valence-electron chi connectivity index (χ3n) is 3.16. The summed E-state index contributed by atoms with van der Waals surface area (Å²) < 4.78 is 12.9. The van der Waals surface area contributed by atoms with Gasteiger partial charge < -0.3 is 10.6 Å². The lowest BCUT2D eigenvalue weighted by atomic mass is 10.1. The second kappa shape index (κ2) is 6.01. The normalized spacial score (nSPS) is 10.3. The monoisotopic (exact) mass is 288 g/mol. The average Bonchev–Trinajstić information content (AvgIpc) is 2.41. The Morgan fingerprint density at radius 2 is 1.85 bits per heavy atom. The quantitative estimate of drug-likeness (QED) is 0.874. The summed E-state index contributed by atoms with van der Waals surface area (Å²) in [5, 5.41) is 0. The molecular formula is C16H17FN2S. The molecular weight excluding hydrogens is 271 g/mol. The molecule has 104 valence electrons. The fourth-order valence-corrected chi connectivity index (χ4v) is 2.29. The topological polar surface area (TPSA) is 29.3 Å². The first kappa shape index (κ1) is 14.5. The number of anilines is 1. The summed E-state index contributed by atoms with van der Waals surface area (Å²) in [6.45, 7) is 2.67. The summed E-state index contributed by atoms with van der Waals surface area (Å²) in [4.78, 5) is 2.44. The fourth-order valence-electron chi connectivity index (χ4n) is 2.13. The van der Waals surface area contributed by atoms with Gasteiger partial charge in [-0.1, -0.05) is 36.0 Å². The molecule has 20 heavy (non-hydrogen) atoms. The molecule has 0 saturated heterocycles. The van der Waals surface area contributed by atoms with E-state index in [1.807, 2.05) is 32.2 Å². The predicted molar refractivity (Wildman–Crippen MR) is 85.6 cm³/mol. The SMILES string of the molecule is Cc1ccc(N(C)Cc2ccc(F)cc2)c(C(N)=S)c1. The molecule has 0 spiro atoms. The van der Waals surface area contributed by atoms with Gasteiger partial charge >= 0.3 is 0 Å². The summed E-state index contributed by atoms with van der Waals surface area (Å²) in [6.07, 6.45) is 0. The number of rotatable bonds is 4. The first-order valence-corrected chi connectivity index (χ1v) is 6.74. The van der Waals surface area contributed by atoms with Crippen LogP contribution in [0.15, 0.2) is 42.5 Å². The molecule has 2 aromatic rings. The highest BCUT2D eigenvalue weighted by Gasteiger charge is 2.10. The molecule has 0 unspecified atom stereocenters. The van der Waals surface area contributed by atoms with Gasteiger partial charge in [0.25, 0.3) is 0 Å². The second-order valence-electron chi connectivity index (χ2n) is 4.87. The molecule has 0 atom stereocenters. The van der Waals surface area contributed by atoms with Gasteiger partial charge in [-0.25, -0.2) is 4.39 Å². The third kappa shape index (κ3) is 3.33. The van der Waals surface area contributed by atoms with Gasteiger partial charge in [0.15, 0.2) is 0 Å². The Morgan fingerprint density at radius 3 is 2.45 bits per heavy atom. The van der Waals surface area contributed by atoms with Gasteiger partial charge in [-0.2, -0.15) is 0 Å². The van der Waals surface area contributed by atoms with Crippen LogP contribution in [0.25, 0.3) is 0 Å². The number of nitrogens with two attached hydrogens (primary N) is 1. The smallest absolute Gasteiger partial charge is 0.123 e. The van der Waals surface area contributed by atoms with Gasteiger partial charge in [0, 0.05) is 24.8 Å². The Morgan fingerprint density at radius 1 is 1.20 bits per heavy atom. The second-order valence-corrected chi connectivity index (χ2v) is 5.31. The number of benzene rings is 2. The molecule has 0 heterocycles. The molecule has 0 bridgehead atoms. The Bertz CT molecular complexity index is 623. The first-order chi connectivity index (χ1) is 9.47. The first-order valence-electron chi connectivity index (χ1n) is 6.33. The van der Waals surface area contributed by atoms with Gasteiger partial charge in [0.2, 0.25) is 0 Å². The van der Waals surface area contributed by atoms with Crippen molar-refractivity contribution < 1.29 is 4.39 Å². The molecule has 0 radical (unpaired) electrons. The van der Waals surface area contributed by atoms with Crippen LogP contribution in [0.4, 0.5) is 10.1 Å². The van der Waals surface area contributed by atoms with Gasteiger partial charge in [0.1, 0.15) is 10.8 Å². The van der Waals surface area contributed by atoms with Crippen molar-refractivity contribution in [3.05, 3.63) is 65.0 Å². The van der Waals surface area contributed by atoms with Crippen LogP contribution < -0.4 is 10.6 Å². The number of thiocarbonyl (C=S) groups is 1. The van der Waals surface area contributed by atoms with Crippen LogP contribution in [0.5, 0.6) is 0 Å². The van der Waals surface area contributed by atoms with E-state index in [1.54, 1.807) is 12.1 Å². The largest absolute Gasteiger partial charge is 0.389 e. The highest BCUT2D eigenvalue weighted by molar-refractivity contribution is 7.80. The van der Waals surface area contributed by atoms with Gasteiger partial charge in [-0.15, -0.1) is 0 Å². The van der Waals surface area contributed by atoms with Crippen LogP contribution in [-0.4, -0.2) is 12.0 Å². The maximum absolute atomic E-state index is 12.9. The Labute approximate surface area is 124 Å². The number of halogens is 1. The van der Waals surface area contributed by atoms with Crippen LogP contribution in [0.1, 0.15) is 16.7 Å². The average molecular weight is 288 g/mol. The minimum Gasteiger partial charge on any atom is -0.389 e. The van der Waals surface area contributed by atoms with Crippen LogP contribution in [0.2, 0.25) is 0 Å². The Kier molecular flexibility index (Phi) is 4.35. The van der Waals surface area contributed by atoms with E-state index in [0.29, 0.717) is 11.5 Å². The zero-order chi connectivity index (χ0) is 14.7. The van der Waals surface area contributed by atoms with E-state index >= 15 is 0 Å². The van der Waals surface area contributed by atoms with Crippen molar-refractivity contribution >= 4 is 22.9 Å². The fraction of sp³-hybridized carbons (Fsp3) is 0.188.